The number of amides is 1. The van der Waals surface area contributed by atoms with Crippen molar-refractivity contribution in [3.63, 3.8) is 0 Å². The Morgan fingerprint density at radius 3 is 2.45 bits per heavy atom. The van der Waals surface area contributed by atoms with Gasteiger partial charge in [-0.05, 0) is 36.6 Å². The van der Waals surface area contributed by atoms with Gasteiger partial charge in [-0.25, -0.2) is 0 Å². The highest BCUT2D eigenvalue weighted by molar-refractivity contribution is 5.79. The van der Waals surface area contributed by atoms with Gasteiger partial charge in [0.25, 0.3) is 0 Å². The minimum Gasteiger partial charge on any atom is -0.494 e. The van der Waals surface area contributed by atoms with Gasteiger partial charge in [-0.2, -0.15) is 0 Å². The Kier molecular flexibility index (Phi) is 7.09. The molecule has 0 spiro atoms. The summed E-state index contributed by atoms with van der Waals surface area (Å²) in [5.74, 6) is 1.07. The third kappa shape index (κ3) is 5.21. The molecule has 4 heteroatoms. The van der Waals surface area contributed by atoms with Crippen molar-refractivity contribution >= 4 is 5.91 Å². The molecular formula is C16H26N2O2. The predicted octanol–water partition coefficient (Wildman–Crippen LogP) is 2.43. The second-order valence-electron chi connectivity index (χ2n) is 5.03. The van der Waals surface area contributed by atoms with E-state index in [0.29, 0.717) is 18.9 Å². The fourth-order valence-electron chi connectivity index (χ4n) is 2.01. The molecule has 0 saturated heterocycles. The maximum Gasteiger partial charge on any atom is 0.234 e. The maximum atomic E-state index is 11.2. The lowest BCUT2D eigenvalue weighted by Crippen LogP contribution is -2.42. The summed E-state index contributed by atoms with van der Waals surface area (Å²) >= 11 is 0. The molecule has 0 aliphatic rings. The van der Waals surface area contributed by atoms with Crippen molar-refractivity contribution in [1.29, 1.82) is 0 Å². The first-order valence-electron chi connectivity index (χ1n) is 7.33. The van der Waals surface area contributed by atoms with Crippen molar-refractivity contribution in [2.75, 3.05) is 13.2 Å². The molecule has 0 radical (unpaired) electrons. The highest BCUT2D eigenvalue weighted by Gasteiger charge is 2.13. The number of likely N-dealkylation sites (N-methyl/N-ethyl adjacent to an activating group) is 1. The monoisotopic (exact) mass is 278 g/mol. The number of carbonyl (C=O) groups is 1. The van der Waals surface area contributed by atoms with E-state index in [2.05, 4.69) is 31.3 Å². The first-order chi connectivity index (χ1) is 9.58. The number of ether oxygens (including phenoxy) is 1. The normalized spacial score (nSPS) is 13.8. The van der Waals surface area contributed by atoms with Crippen LogP contribution in [0.1, 0.15) is 45.1 Å². The molecule has 0 saturated carbocycles. The standard InChI is InChI=1S/C16H26N2O2/c1-4-12(3)13-6-8-14(9-7-13)20-11-10-15(16(17)19)18-5-2/h6-9,12,15,18H,4-5,10-11H2,1-3H3,(H2,17,19). The second-order valence-corrected chi connectivity index (χ2v) is 5.03. The number of benzene rings is 1. The van der Waals surface area contributed by atoms with Gasteiger partial charge in [0.05, 0.1) is 12.6 Å². The van der Waals surface area contributed by atoms with E-state index in [1.54, 1.807) is 0 Å². The Morgan fingerprint density at radius 2 is 1.95 bits per heavy atom. The maximum absolute atomic E-state index is 11.2. The Bertz CT molecular complexity index is 403. The smallest absolute Gasteiger partial charge is 0.234 e. The van der Waals surface area contributed by atoms with Crippen LogP contribution in [0.3, 0.4) is 0 Å². The van der Waals surface area contributed by atoms with E-state index in [-0.39, 0.29) is 11.9 Å². The predicted molar refractivity (Wildman–Crippen MR) is 81.9 cm³/mol. The molecule has 112 valence electrons. The van der Waals surface area contributed by atoms with Crippen LogP contribution >= 0.6 is 0 Å². The van der Waals surface area contributed by atoms with E-state index in [1.165, 1.54) is 5.56 Å². The van der Waals surface area contributed by atoms with Gasteiger partial charge in [-0.15, -0.1) is 0 Å². The Labute approximate surface area is 121 Å². The number of hydrogen-bond donors (Lipinski definition) is 2. The van der Waals surface area contributed by atoms with Gasteiger partial charge in [0, 0.05) is 6.42 Å². The van der Waals surface area contributed by atoms with Crippen LogP contribution in [-0.4, -0.2) is 25.1 Å². The molecule has 0 fully saturated rings. The summed E-state index contributed by atoms with van der Waals surface area (Å²) < 4.78 is 5.65. The van der Waals surface area contributed by atoms with Gasteiger partial charge in [-0.1, -0.05) is 32.9 Å². The number of nitrogens with one attached hydrogen (secondary N) is 1. The second kappa shape index (κ2) is 8.59. The van der Waals surface area contributed by atoms with E-state index in [0.717, 1.165) is 18.7 Å². The van der Waals surface area contributed by atoms with Crippen molar-refractivity contribution in [3.05, 3.63) is 29.8 Å². The molecule has 1 aromatic rings. The molecule has 20 heavy (non-hydrogen) atoms. The van der Waals surface area contributed by atoms with Crippen LogP contribution in [0.25, 0.3) is 0 Å². The molecule has 0 aliphatic heterocycles. The summed E-state index contributed by atoms with van der Waals surface area (Å²) in [7, 11) is 0. The van der Waals surface area contributed by atoms with Gasteiger partial charge in [0.2, 0.25) is 5.91 Å². The van der Waals surface area contributed by atoms with E-state index >= 15 is 0 Å². The summed E-state index contributed by atoms with van der Waals surface area (Å²) in [5.41, 5.74) is 6.64. The molecule has 2 atom stereocenters. The average molecular weight is 278 g/mol. The number of primary amides is 1. The van der Waals surface area contributed by atoms with Crippen LogP contribution < -0.4 is 15.8 Å². The van der Waals surface area contributed by atoms with Crippen LogP contribution in [-0.2, 0) is 4.79 Å². The van der Waals surface area contributed by atoms with Crippen molar-refractivity contribution in [1.82, 2.24) is 5.32 Å². The largest absolute Gasteiger partial charge is 0.494 e. The van der Waals surface area contributed by atoms with Crippen molar-refractivity contribution in [3.8, 4) is 5.75 Å². The van der Waals surface area contributed by atoms with Gasteiger partial charge in [0.15, 0.2) is 0 Å². The molecule has 3 N–H and O–H groups in total. The summed E-state index contributed by atoms with van der Waals surface area (Å²) in [4.78, 5) is 11.2. The quantitative estimate of drug-likeness (QED) is 0.729. The van der Waals surface area contributed by atoms with Crippen LogP contribution in [0.15, 0.2) is 24.3 Å². The zero-order valence-electron chi connectivity index (χ0n) is 12.7. The lowest BCUT2D eigenvalue weighted by molar-refractivity contribution is -0.120. The van der Waals surface area contributed by atoms with E-state index < -0.39 is 0 Å². The molecular weight excluding hydrogens is 252 g/mol. The molecule has 0 heterocycles. The number of carbonyl (C=O) groups excluding carboxylic acids is 1. The molecule has 4 nitrogen and oxygen atoms in total. The zero-order valence-corrected chi connectivity index (χ0v) is 12.7. The van der Waals surface area contributed by atoms with Gasteiger partial charge in [-0.3, -0.25) is 4.79 Å². The fourth-order valence-corrected chi connectivity index (χ4v) is 2.01. The first kappa shape index (κ1) is 16.5. The first-order valence-corrected chi connectivity index (χ1v) is 7.33. The van der Waals surface area contributed by atoms with E-state index in [4.69, 9.17) is 10.5 Å². The van der Waals surface area contributed by atoms with Crippen LogP contribution in [0.2, 0.25) is 0 Å². The zero-order chi connectivity index (χ0) is 15.0. The van der Waals surface area contributed by atoms with Gasteiger partial charge >= 0.3 is 0 Å². The molecule has 1 rings (SSSR count). The summed E-state index contributed by atoms with van der Waals surface area (Å²) in [6.07, 6.45) is 1.71. The van der Waals surface area contributed by atoms with E-state index in [1.807, 2.05) is 19.1 Å². The number of nitrogens with two attached hydrogens (primary N) is 1. The fraction of sp³-hybridized carbons (Fsp3) is 0.562. The summed E-state index contributed by atoms with van der Waals surface area (Å²) in [5, 5.41) is 3.05. The summed E-state index contributed by atoms with van der Waals surface area (Å²) in [6, 6.07) is 7.83. The highest BCUT2D eigenvalue weighted by atomic mass is 16.5. The molecule has 2 unspecified atom stereocenters. The molecule has 0 bridgehead atoms. The average Bonchev–Trinajstić information content (AvgIpc) is 2.46. The third-order valence-corrected chi connectivity index (χ3v) is 3.53. The number of hydrogen-bond acceptors (Lipinski definition) is 3. The van der Waals surface area contributed by atoms with Gasteiger partial charge in [0.1, 0.15) is 5.75 Å². The highest BCUT2D eigenvalue weighted by Crippen LogP contribution is 2.21. The van der Waals surface area contributed by atoms with Crippen molar-refractivity contribution < 1.29 is 9.53 Å². The third-order valence-electron chi connectivity index (χ3n) is 3.53. The minimum atomic E-state index is -0.331. The number of rotatable bonds is 9. The molecule has 1 amide bonds. The Balaban J connectivity index is 2.43. The van der Waals surface area contributed by atoms with E-state index in [9.17, 15) is 4.79 Å². The SMILES string of the molecule is CCNC(CCOc1ccc(C(C)CC)cc1)C(N)=O. The van der Waals surface area contributed by atoms with Crippen molar-refractivity contribution in [2.45, 2.75) is 45.6 Å². The van der Waals surface area contributed by atoms with Crippen LogP contribution in [0.5, 0.6) is 5.75 Å². The van der Waals surface area contributed by atoms with Crippen LogP contribution in [0.4, 0.5) is 0 Å². The van der Waals surface area contributed by atoms with Gasteiger partial charge < -0.3 is 15.8 Å². The van der Waals surface area contributed by atoms with Crippen molar-refractivity contribution in [2.24, 2.45) is 5.73 Å². The Hall–Kier alpha value is -1.55. The summed E-state index contributed by atoms with van der Waals surface area (Å²) in [6.45, 7) is 7.54. The topological polar surface area (TPSA) is 64.3 Å². The molecule has 0 aliphatic carbocycles. The molecule has 1 aromatic carbocycles. The Morgan fingerprint density at radius 1 is 1.30 bits per heavy atom. The lowest BCUT2D eigenvalue weighted by Gasteiger charge is -2.15. The lowest BCUT2D eigenvalue weighted by atomic mass is 9.99. The van der Waals surface area contributed by atoms with Crippen LogP contribution in [0, 0.1) is 0 Å². The molecule has 0 aromatic heterocycles. The minimum absolute atomic E-state index is 0.320.